The highest BCUT2D eigenvalue weighted by atomic mass is 127. The number of ether oxygens (including phenoxy) is 1. The Labute approximate surface area is 164 Å². The molecule has 0 aromatic heterocycles. The Kier molecular flexibility index (Phi) is 11.7. The van der Waals surface area contributed by atoms with E-state index in [0.717, 1.165) is 57.7 Å². The Morgan fingerprint density at radius 1 is 1.33 bits per heavy atom. The smallest absolute Gasteiger partial charge is 0.191 e. The molecule has 2 N–H and O–H groups in total. The van der Waals surface area contributed by atoms with Crippen LogP contribution in [-0.2, 0) is 4.74 Å². The van der Waals surface area contributed by atoms with Gasteiger partial charge in [0.05, 0.1) is 13.2 Å². The molecule has 2 heterocycles. The second kappa shape index (κ2) is 12.9. The van der Waals surface area contributed by atoms with Crippen LogP contribution in [-0.4, -0.2) is 63.3 Å². The first-order valence-corrected chi connectivity index (χ1v) is 9.27. The molecule has 5 nitrogen and oxygen atoms in total. The molecule has 6 heteroatoms. The summed E-state index contributed by atoms with van der Waals surface area (Å²) in [6.07, 6.45) is 9.74. The van der Waals surface area contributed by atoms with Gasteiger partial charge in [0.2, 0.25) is 0 Å². The third-order valence-corrected chi connectivity index (χ3v) is 4.93. The molecule has 24 heavy (non-hydrogen) atoms. The zero-order chi connectivity index (χ0) is 16.3. The van der Waals surface area contributed by atoms with E-state index < -0.39 is 0 Å². The van der Waals surface area contributed by atoms with Crippen molar-refractivity contribution in [3.63, 3.8) is 0 Å². The number of aliphatic imine (C=N–C) groups is 1. The van der Waals surface area contributed by atoms with Gasteiger partial charge in [-0.3, -0.25) is 9.89 Å². The summed E-state index contributed by atoms with van der Waals surface area (Å²) in [5, 5.41) is 6.87. The molecule has 2 aliphatic rings. The van der Waals surface area contributed by atoms with Gasteiger partial charge >= 0.3 is 0 Å². The Morgan fingerprint density at radius 3 is 2.88 bits per heavy atom. The maximum Gasteiger partial charge on any atom is 0.191 e. The summed E-state index contributed by atoms with van der Waals surface area (Å²) in [6, 6.07) is 0.779. The highest BCUT2D eigenvalue weighted by Gasteiger charge is 2.19. The Morgan fingerprint density at radius 2 is 2.17 bits per heavy atom. The number of piperidine rings is 1. The van der Waals surface area contributed by atoms with E-state index in [1.54, 1.807) is 0 Å². The number of nitrogens with zero attached hydrogens (tertiary/aromatic N) is 2. The second-order valence-corrected chi connectivity index (χ2v) is 6.46. The second-order valence-electron chi connectivity index (χ2n) is 6.46. The summed E-state index contributed by atoms with van der Waals surface area (Å²) in [4.78, 5) is 6.96. The van der Waals surface area contributed by atoms with Crippen LogP contribution >= 0.6 is 24.0 Å². The molecular weight excluding hydrogens is 415 g/mol. The largest absolute Gasteiger partial charge is 0.377 e. The molecule has 2 aliphatic heterocycles. The molecule has 0 amide bonds. The van der Waals surface area contributed by atoms with Crippen LogP contribution in [0.5, 0.6) is 0 Å². The van der Waals surface area contributed by atoms with Gasteiger partial charge in [0.1, 0.15) is 0 Å². The van der Waals surface area contributed by atoms with Crippen LogP contribution in [0, 0.1) is 0 Å². The van der Waals surface area contributed by atoms with E-state index in [9.17, 15) is 0 Å². The van der Waals surface area contributed by atoms with E-state index in [1.807, 2.05) is 7.05 Å². The molecule has 0 aromatic rings. The molecule has 0 aliphatic carbocycles. The van der Waals surface area contributed by atoms with Crippen molar-refractivity contribution in [1.82, 2.24) is 15.5 Å². The third kappa shape index (κ3) is 7.70. The van der Waals surface area contributed by atoms with Crippen LogP contribution in [0.2, 0.25) is 0 Å². The monoisotopic (exact) mass is 450 g/mol. The molecule has 0 bridgehead atoms. The van der Waals surface area contributed by atoms with Crippen LogP contribution in [0.4, 0.5) is 0 Å². The van der Waals surface area contributed by atoms with Crippen molar-refractivity contribution in [2.24, 2.45) is 4.99 Å². The molecule has 0 saturated carbocycles. The quantitative estimate of drug-likeness (QED) is 0.271. The van der Waals surface area contributed by atoms with Gasteiger partial charge in [0.25, 0.3) is 0 Å². The highest BCUT2D eigenvalue weighted by molar-refractivity contribution is 14.0. The fourth-order valence-corrected chi connectivity index (χ4v) is 3.49. The minimum absolute atomic E-state index is 0. The predicted molar refractivity (Wildman–Crippen MR) is 112 cm³/mol. The summed E-state index contributed by atoms with van der Waals surface area (Å²) in [5.41, 5.74) is 1.50. The first kappa shape index (κ1) is 21.7. The van der Waals surface area contributed by atoms with Crippen LogP contribution in [0.3, 0.4) is 0 Å². The molecule has 140 valence electrons. The minimum atomic E-state index is 0. The standard InChI is InChI=1S/C18H34N4O.HI/c1-3-17-6-4-5-12-22(17)13-11-21-18(19-2)20-10-7-16-8-14-23-15-9-16;/h8,17H,3-7,9-15H2,1-2H3,(H2,19,20,21);1H. The van der Waals surface area contributed by atoms with Crippen LogP contribution in [0.15, 0.2) is 16.6 Å². The van der Waals surface area contributed by atoms with Gasteiger partial charge in [-0.1, -0.05) is 25.0 Å². The molecule has 0 radical (unpaired) electrons. The third-order valence-electron chi connectivity index (χ3n) is 4.93. The topological polar surface area (TPSA) is 48.9 Å². The summed E-state index contributed by atoms with van der Waals surface area (Å²) >= 11 is 0. The van der Waals surface area contributed by atoms with Crippen molar-refractivity contribution < 1.29 is 4.74 Å². The maximum absolute atomic E-state index is 5.34. The lowest BCUT2D eigenvalue weighted by Crippen LogP contribution is -2.46. The normalized spacial score (nSPS) is 22.5. The first-order chi connectivity index (χ1) is 11.3. The van der Waals surface area contributed by atoms with Crippen molar-refractivity contribution in [2.75, 3.05) is 46.4 Å². The number of likely N-dealkylation sites (tertiary alicyclic amines) is 1. The Hall–Kier alpha value is -0.340. The SMILES string of the molecule is CCC1CCCCN1CCNC(=NC)NCCC1=CCOCC1.I. The lowest BCUT2D eigenvalue weighted by Gasteiger charge is -2.35. The van der Waals surface area contributed by atoms with Gasteiger partial charge in [0, 0.05) is 32.7 Å². The van der Waals surface area contributed by atoms with E-state index in [-0.39, 0.29) is 24.0 Å². The van der Waals surface area contributed by atoms with Crippen molar-refractivity contribution in [1.29, 1.82) is 0 Å². The summed E-state index contributed by atoms with van der Waals surface area (Å²) in [5.74, 6) is 0.919. The van der Waals surface area contributed by atoms with Crippen LogP contribution in [0.1, 0.15) is 45.4 Å². The van der Waals surface area contributed by atoms with E-state index in [2.05, 4.69) is 33.5 Å². The first-order valence-electron chi connectivity index (χ1n) is 9.27. The summed E-state index contributed by atoms with van der Waals surface area (Å²) in [7, 11) is 1.85. The van der Waals surface area contributed by atoms with E-state index >= 15 is 0 Å². The fourth-order valence-electron chi connectivity index (χ4n) is 3.49. The van der Waals surface area contributed by atoms with Gasteiger partial charge in [0.15, 0.2) is 5.96 Å². The Balaban J connectivity index is 0.00000288. The maximum atomic E-state index is 5.34. The van der Waals surface area contributed by atoms with E-state index in [0.29, 0.717) is 0 Å². The number of rotatable bonds is 7. The molecule has 0 spiro atoms. The van der Waals surface area contributed by atoms with Crippen LogP contribution < -0.4 is 10.6 Å². The molecule has 0 aromatic carbocycles. The van der Waals surface area contributed by atoms with Crippen molar-refractivity contribution in [3.8, 4) is 0 Å². The van der Waals surface area contributed by atoms with Crippen LogP contribution in [0.25, 0.3) is 0 Å². The Bertz CT molecular complexity index is 400. The van der Waals surface area contributed by atoms with Gasteiger partial charge in [-0.2, -0.15) is 0 Å². The number of nitrogens with one attached hydrogen (secondary N) is 2. The van der Waals surface area contributed by atoms with Crippen molar-refractivity contribution in [3.05, 3.63) is 11.6 Å². The number of hydrogen-bond acceptors (Lipinski definition) is 3. The summed E-state index contributed by atoms with van der Waals surface area (Å²) < 4.78 is 5.34. The lowest BCUT2D eigenvalue weighted by atomic mass is 10.0. The summed E-state index contributed by atoms with van der Waals surface area (Å²) in [6.45, 7) is 8.22. The van der Waals surface area contributed by atoms with E-state index in [1.165, 1.54) is 37.8 Å². The molecule has 2 rings (SSSR count). The molecule has 1 unspecified atom stereocenters. The van der Waals surface area contributed by atoms with E-state index in [4.69, 9.17) is 4.74 Å². The van der Waals surface area contributed by atoms with Gasteiger partial charge < -0.3 is 15.4 Å². The number of hydrogen-bond donors (Lipinski definition) is 2. The fraction of sp³-hybridized carbons (Fsp3) is 0.833. The minimum Gasteiger partial charge on any atom is -0.377 e. The number of halogens is 1. The zero-order valence-electron chi connectivity index (χ0n) is 15.4. The van der Waals surface area contributed by atoms with Crippen molar-refractivity contribution >= 4 is 29.9 Å². The lowest BCUT2D eigenvalue weighted by molar-refractivity contribution is 0.147. The molecule has 1 saturated heterocycles. The van der Waals surface area contributed by atoms with Crippen molar-refractivity contribution in [2.45, 2.75) is 51.5 Å². The zero-order valence-corrected chi connectivity index (χ0v) is 17.7. The average molecular weight is 450 g/mol. The van der Waals surface area contributed by atoms with Gasteiger partial charge in [-0.25, -0.2) is 0 Å². The molecular formula is C18H35IN4O. The number of guanidine groups is 1. The highest BCUT2D eigenvalue weighted by Crippen LogP contribution is 2.18. The molecule has 1 fully saturated rings. The van der Waals surface area contributed by atoms with Gasteiger partial charge in [-0.05, 0) is 38.6 Å². The predicted octanol–water partition coefficient (Wildman–Crippen LogP) is 2.77. The average Bonchev–Trinajstić information content (AvgIpc) is 2.61. The van der Waals surface area contributed by atoms with Gasteiger partial charge in [-0.15, -0.1) is 24.0 Å². The molecule has 1 atom stereocenters.